The first-order valence-electron chi connectivity index (χ1n) is 15.1. The molecule has 0 aliphatic carbocycles. The highest BCUT2D eigenvalue weighted by molar-refractivity contribution is 6.36. The number of carbonyl (C=O) groups excluding carboxylic acids is 1. The van der Waals surface area contributed by atoms with Gasteiger partial charge in [0.15, 0.2) is 0 Å². The molecule has 11 heteroatoms. The normalized spacial score (nSPS) is 19.3. The molecule has 3 aromatic rings. The van der Waals surface area contributed by atoms with Crippen molar-refractivity contribution >= 4 is 39.8 Å². The molecule has 44 heavy (non-hydrogen) atoms. The summed E-state index contributed by atoms with van der Waals surface area (Å²) in [6.07, 6.45) is 2.07. The summed E-state index contributed by atoms with van der Waals surface area (Å²) in [6.45, 7) is 18.4. The van der Waals surface area contributed by atoms with Crippen LogP contribution in [0.2, 0.25) is 5.02 Å². The molecule has 0 radical (unpaired) electrons. The Kier molecular flexibility index (Phi) is 8.89. The number of halogens is 1. The summed E-state index contributed by atoms with van der Waals surface area (Å²) >= 11 is 6.70. The van der Waals surface area contributed by atoms with Gasteiger partial charge < -0.3 is 29.0 Å². The molecular formula is C33H38ClN7O3. The van der Waals surface area contributed by atoms with Crippen LogP contribution >= 0.6 is 11.6 Å². The van der Waals surface area contributed by atoms with Crippen LogP contribution in [0.25, 0.3) is 15.6 Å². The van der Waals surface area contributed by atoms with E-state index in [0.29, 0.717) is 44.8 Å². The molecule has 0 spiro atoms. The first kappa shape index (κ1) is 30.1. The Morgan fingerprint density at radius 1 is 1.23 bits per heavy atom. The number of hydrogen-bond donors (Lipinski definition) is 0. The van der Waals surface area contributed by atoms with E-state index in [1.165, 1.54) is 6.08 Å². The quantitative estimate of drug-likeness (QED) is 0.263. The van der Waals surface area contributed by atoms with Crippen molar-refractivity contribution in [2.24, 2.45) is 0 Å². The number of ether oxygens (including phenoxy) is 2. The summed E-state index contributed by atoms with van der Waals surface area (Å²) in [7, 11) is 2.09. The zero-order chi connectivity index (χ0) is 30.8. The van der Waals surface area contributed by atoms with Crippen LogP contribution in [-0.4, -0.2) is 103 Å². The van der Waals surface area contributed by atoms with E-state index in [0.717, 1.165) is 64.7 Å². The van der Waals surface area contributed by atoms with Gasteiger partial charge in [-0.2, -0.15) is 9.97 Å². The van der Waals surface area contributed by atoms with Gasteiger partial charge in [0, 0.05) is 48.9 Å². The molecule has 6 rings (SSSR count). The number of aromatic nitrogens is 2. The molecule has 2 aromatic carbocycles. The second-order valence-electron chi connectivity index (χ2n) is 11.7. The lowest BCUT2D eigenvalue weighted by Gasteiger charge is -2.41. The fourth-order valence-corrected chi connectivity index (χ4v) is 6.59. The van der Waals surface area contributed by atoms with E-state index < -0.39 is 0 Å². The number of likely N-dealkylation sites (N-methyl/N-ethyl adjacent to an activating group) is 1. The van der Waals surface area contributed by atoms with Gasteiger partial charge in [-0.1, -0.05) is 42.4 Å². The number of amides is 1. The third-order valence-corrected chi connectivity index (χ3v) is 9.40. The topological polar surface area (TPSA) is 78.6 Å². The molecule has 3 aliphatic rings. The van der Waals surface area contributed by atoms with Gasteiger partial charge in [-0.25, -0.2) is 6.57 Å². The predicted molar refractivity (Wildman–Crippen MR) is 172 cm³/mol. The lowest BCUT2D eigenvalue weighted by Crippen LogP contribution is -2.56. The van der Waals surface area contributed by atoms with Crippen LogP contribution in [-0.2, 0) is 22.5 Å². The molecular weight excluding hydrogens is 578 g/mol. The maximum Gasteiger partial charge on any atom is 0.318 e. The third-order valence-electron chi connectivity index (χ3n) is 9.08. The van der Waals surface area contributed by atoms with Gasteiger partial charge in [0.25, 0.3) is 0 Å². The predicted octanol–water partition coefficient (Wildman–Crippen LogP) is 4.07. The van der Waals surface area contributed by atoms with E-state index >= 15 is 0 Å². The van der Waals surface area contributed by atoms with Crippen molar-refractivity contribution in [1.29, 1.82) is 0 Å². The van der Waals surface area contributed by atoms with Crippen molar-refractivity contribution in [1.82, 2.24) is 19.8 Å². The van der Waals surface area contributed by atoms with Crippen molar-refractivity contribution in [3.8, 4) is 6.01 Å². The summed E-state index contributed by atoms with van der Waals surface area (Å²) in [5.41, 5.74) is 3.08. The van der Waals surface area contributed by atoms with Gasteiger partial charge in [-0.05, 0) is 44.0 Å². The van der Waals surface area contributed by atoms with Crippen molar-refractivity contribution in [3.63, 3.8) is 0 Å². The summed E-state index contributed by atoms with van der Waals surface area (Å²) < 4.78 is 11.7. The summed E-state index contributed by atoms with van der Waals surface area (Å²) in [4.78, 5) is 34.7. The number of benzene rings is 2. The number of fused-ring (bicyclic) bond motifs is 2. The number of anilines is 2. The first-order valence-corrected chi connectivity index (χ1v) is 15.5. The minimum Gasteiger partial charge on any atom is -0.462 e. The molecule has 2 atom stereocenters. The van der Waals surface area contributed by atoms with Crippen LogP contribution in [0.5, 0.6) is 6.01 Å². The minimum absolute atomic E-state index is 0.147. The van der Waals surface area contributed by atoms with Crippen molar-refractivity contribution in [2.45, 2.75) is 38.0 Å². The molecule has 2 fully saturated rings. The lowest BCUT2D eigenvalue weighted by atomic mass is 10.0. The van der Waals surface area contributed by atoms with Gasteiger partial charge >= 0.3 is 6.01 Å². The Hall–Kier alpha value is -3.91. The summed E-state index contributed by atoms with van der Waals surface area (Å²) in [6, 6.07) is 12.9. The number of hydrogen-bond acceptors (Lipinski definition) is 8. The molecule has 0 N–H and O–H groups in total. The summed E-state index contributed by atoms with van der Waals surface area (Å²) in [5, 5.41) is 2.86. The van der Waals surface area contributed by atoms with Crippen LogP contribution < -0.4 is 14.5 Å². The van der Waals surface area contributed by atoms with Crippen molar-refractivity contribution < 1.29 is 14.3 Å². The number of carbonyl (C=O) groups is 1. The Labute approximate surface area is 263 Å². The second-order valence-corrected chi connectivity index (χ2v) is 12.1. The van der Waals surface area contributed by atoms with Crippen LogP contribution in [0.1, 0.15) is 18.2 Å². The van der Waals surface area contributed by atoms with Crippen LogP contribution in [0.3, 0.4) is 0 Å². The lowest BCUT2D eigenvalue weighted by molar-refractivity contribution is -0.128. The van der Waals surface area contributed by atoms with Gasteiger partial charge in [-0.3, -0.25) is 9.69 Å². The van der Waals surface area contributed by atoms with Crippen molar-refractivity contribution in [2.75, 3.05) is 69.4 Å². The van der Waals surface area contributed by atoms with E-state index in [1.54, 1.807) is 4.90 Å². The molecule has 2 saturated heterocycles. The van der Waals surface area contributed by atoms with Gasteiger partial charge in [0.05, 0.1) is 36.5 Å². The monoisotopic (exact) mass is 615 g/mol. The fourth-order valence-electron chi connectivity index (χ4n) is 6.31. The zero-order valence-electron chi connectivity index (χ0n) is 25.3. The van der Waals surface area contributed by atoms with E-state index in [9.17, 15) is 4.79 Å². The molecule has 0 bridgehead atoms. The first-order chi connectivity index (χ1) is 21.4. The van der Waals surface area contributed by atoms with Gasteiger partial charge in [0.1, 0.15) is 18.5 Å². The Balaban J connectivity index is 1.32. The summed E-state index contributed by atoms with van der Waals surface area (Å²) in [5.74, 6) is 0.682. The zero-order valence-corrected chi connectivity index (χ0v) is 26.0. The Bertz CT molecular complexity index is 1580. The number of nitrogens with zero attached hydrogens (tertiary/aromatic N) is 7. The van der Waals surface area contributed by atoms with E-state index in [4.69, 9.17) is 37.6 Å². The third kappa shape index (κ3) is 5.92. The van der Waals surface area contributed by atoms with Crippen LogP contribution in [0.4, 0.5) is 11.5 Å². The van der Waals surface area contributed by atoms with Gasteiger partial charge in [0.2, 0.25) is 12.5 Å². The minimum atomic E-state index is -0.252. The highest BCUT2D eigenvalue weighted by Crippen LogP contribution is 2.37. The highest BCUT2D eigenvalue weighted by atomic mass is 35.5. The molecule has 3 aliphatic heterocycles. The molecule has 1 amide bonds. The Morgan fingerprint density at radius 3 is 2.75 bits per heavy atom. The smallest absolute Gasteiger partial charge is 0.318 e. The Morgan fingerprint density at radius 2 is 2.02 bits per heavy atom. The molecule has 230 valence electrons. The maximum absolute atomic E-state index is 12.6. The second kappa shape index (κ2) is 13.0. The average Bonchev–Trinajstić information content (AvgIpc) is 3.01. The number of piperazine rings is 1. The SMILES string of the molecule is [C-]#[N+]C[C@H]1CN(c2nc(OC[C@@H](C)N(C)C3COC3)nc3c2CCN(c2cccc4cccc(Cl)c24)C3)CCN1C(=O)C=C. The molecule has 0 unspecified atom stereocenters. The van der Waals surface area contributed by atoms with Gasteiger partial charge in [-0.15, -0.1) is 0 Å². The highest BCUT2D eigenvalue weighted by Gasteiger charge is 2.35. The van der Waals surface area contributed by atoms with E-state index in [-0.39, 0.29) is 24.5 Å². The number of rotatable bonds is 9. The molecule has 10 nitrogen and oxygen atoms in total. The van der Waals surface area contributed by atoms with E-state index in [2.05, 4.69) is 64.4 Å². The molecule has 4 heterocycles. The van der Waals surface area contributed by atoms with Crippen LogP contribution in [0.15, 0.2) is 49.1 Å². The van der Waals surface area contributed by atoms with E-state index in [1.807, 2.05) is 12.1 Å². The largest absolute Gasteiger partial charge is 0.462 e. The fraction of sp³-hybridized carbons (Fsp3) is 0.455. The average molecular weight is 616 g/mol. The van der Waals surface area contributed by atoms with Crippen molar-refractivity contribution in [3.05, 3.63) is 76.8 Å². The maximum atomic E-state index is 12.6. The van der Waals surface area contributed by atoms with Crippen LogP contribution in [0, 0.1) is 6.57 Å². The molecule has 0 saturated carbocycles. The standard InChI is InChI=1S/C33H38ClN7O3/c1-5-30(42)41-15-14-40(17-24(41)16-35-3)32-26-12-13-39(29-11-7-9-23-8-6-10-27(34)31(23)29)18-28(26)36-33(37-32)44-19-22(2)38(4)25-20-43-21-25/h5-11,22,24-25H,1,12-21H2,2,4H3/t22-,24+/m1/s1. The molecule has 1 aromatic heterocycles.